The third-order valence-electron chi connectivity index (χ3n) is 3.93. The molecule has 0 aliphatic carbocycles. The van der Waals surface area contributed by atoms with Crippen LogP contribution in [0.25, 0.3) is 0 Å². The molecule has 24 heavy (non-hydrogen) atoms. The fourth-order valence-corrected chi connectivity index (χ4v) is 2.47. The molecule has 0 radical (unpaired) electrons. The average Bonchev–Trinajstić information content (AvgIpc) is 3.09. The number of nitrogens with one attached hydrogen (secondary N) is 1. The second kappa shape index (κ2) is 6.83. The van der Waals surface area contributed by atoms with Crippen molar-refractivity contribution in [1.82, 2.24) is 24.5 Å². The predicted molar refractivity (Wildman–Crippen MR) is 85.8 cm³/mol. The van der Waals surface area contributed by atoms with Crippen LogP contribution >= 0.6 is 0 Å². The summed E-state index contributed by atoms with van der Waals surface area (Å²) in [6.45, 7) is 2.57. The number of carbonyl (C=O) groups excluding carboxylic acids is 2. The Bertz CT molecular complexity index is 746. The number of aryl methyl sites for hydroxylation is 1. The maximum Gasteiger partial charge on any atom is 0.275 e. The molecule has 3 rings (SSSR count). The second-order valence-electron chi connectivity index (χ2n) is 5.59. The molecule has 1 aliphatic rings. The van der Waals surface area contributed by atoms with E-state index in [0.717, 1.165) is 19.5 Å². The maximum atomic E-state index is 12.6. The quantitative estimate of drug-likeness (QED) is 0.824. The zero-order chi connectivity index (χ0) is 17.1. The number of hydrogen-bond acceptors (Lipinski definition) is 5. The van der Waals surface area contributed by atoms with Crippen molar-refractivity contribution in [3.05, 3.63) is 29.7 Å². The minimum Gasteiger partial charge on any atom is -0.383 e. The van der Waals surface area contributed by atoms with Gasteiger partial charge in [0.25, 0.3) is 11.8 Å². The number of methoxy groups -OCH3 is 1. The lowest BCUT2D eigenvalue weighted by Gasteiger charge is -2.30. The van der Waals surface area contributed by atoms with Gasteiger partial charge >= 0.3 is 0 Å². The summed E-state index contributed by atoms with van der Waals surface area (Å²) in [5.41, 5.74) is 0.548. The molecule has 0 saturated carbocycles. The van der Waals surface area contributed by atoms with E-state index in [4.69, 9.17) is 4.74 Å². The lowest BCUT2D eigenvalue weighted by atomic mass is 10.1. The molecule has 9 nitrogen and oxygen atoms in total. The molecule has 9 heteroatoms. The molecule has 128 valence electrons. The first-order valence-electron chi connectivity index (χ1n) is 7.75. The van der Waals surface area contributed by atoms with Gasteiger partial charge < -0.3 is 15.0 Å². The first kappa shape index (κ1) is 16.2. The Morgan fingerprint density at radius 1 is 1.38 bits per heavy atom. The molecule has 0 unspecified atom stereocenters. The molecule has 1 fully saturated rings. The summed E-state index contributed by atoms with van der Waals surface area (Å²) in [6.07, 6.45) is 4.18. The van der Waals surface area contributed by atoms with E-state index in [1.165, 1.54) is 10.9 Å². The number of hydrogen-bond donors (Lipinski definition) is 1. The van der Waals surface area contributed by atoms with Crippen molar-refractivity contribution >= 4 is 17.6 Å². The van der Waals surface area contributed by atoms with Gasteiger partial charge in [0, 0.05) is 39.5 Å². The normalized spacial score (nSPS) is 13.7. The van der Waals surface area contributed by atoms with Gasteiger partial charge in [0.2, 0.25) is 0 Å². The number of anilines is 1. The molecule has 2 aromatic rings. The Labute approximate surface area is 139 Å². The van der Waals surface area contributed by atoms with E-state index in [-0.39, 0.29) is 11.6 Å². The number of nitrogens with zero attached hydrogens (tertiary/aromatic N) is 5. The molecule has 3 heterocycles. The Morgan fingerprint density at radius 2 is 2.17 bits per heavy atom. The van der Waals surface area contributed by atoms with Crippen molar-refractivity contribution in [2.75, 3.05) is 32.1 Å². The Kier molecular flexibility index (Phi) is 4.61. The SMILES string of the molecule is COCCn1ccc(NC(=O)c2c(C(=O)N3CCC3)cnn2C)n1. The summed E-state index contributed by atoms with van der Waals surface area (Å²) in [5, 5.41) is 11.0. The number of ether oxygens (including phenoxy) is 1. The van der Waals surface area contributed by atoms with Crippen LogP contribution in [0.1, 0.15) is 27.3 Å². The zero-order valence-electron chi connectivity index (χ0n) is 13.7. The molecular weight excluding hydrogens is 312 g/mol. The van der Waals surface area contributed by atoms with Crippen LogP contribution in [0.5, 0.6) is 0 Å². The van der Waals surface area contributed by atoms with Crippen molar-refractivity contribution < 1.29 is 14.3 Å². The molecule has 0 atom stereocenters. The fraction of sp³-hybridized carbons (Fsp3) is 0.467. The van der Waals surface area contributed by atoms with Crippen LogP contribution in [0, 0.1) is 0 Å². The maximum absolute atomic E-state index is 12.6. The Hall–Kier alpha value is -2.68. The predicted octanol–water partition coefficient (Wildman–Crippen LogP) is 0.361. The summed E-state index contributed by atoms with van der Waals surface area (Å²) in [4.78, 5) is 26.7. The van der Waals surface area contributed by atoms with Crippen LogP contribution in [-0.2, 0) is 18.3 Å². The monoisotopic (exact) mass is 332 g/mol. The van der Waals surface area contributed by atoms with Gasteiger partial charge in [-0.25, -0.2) is 0 Å². The van der Waals surface area contributed by atoms with E-state index >= 15 is 0 Å². The standard InChI is InChI=1S/C15H20N6O3/c1-19-13(11(10-16-19)15(23)20-5-3-6-20)14(22)17-12-4-7-21(18-12)8-9-24-2/h4,7,10H,3,5-6,8-9H2,1-2H3,(H,17,18,22). The molecule has 2 amide bonds. The lowest BCUT2D eigenvalue weighted by molar-refractivity contribution is 0.0648. The Morgan fingerprint density at radius 3 is 2.83 bits per heavy atom. The minimum absolute atomic E-state index is 0.162. The molecule has 0 bridgehead atoms. The van der Waals surface area contributed by atoms with Crippen molar-refractivity contribution in [3.8, 4) is 0 Å². The van der Waals surface area contributed by atoms with Gasteiger partial charge in [-0.05, 0) is 6.42 Å². The van der Waals surface area contributed by atoms with Crippen molar-refractivity contribution in [3.63, 3.8) is 0 Å². The van der Waals surface area contributed by atoms with Gasteiger partial charge in [0.1, 0.15) is 5.69 Å². The first-order valence-corrected chi connectivity index (χ1v) is 7.75. The Balaban J connectivity index is 1.74. The number of carbonyl (C=O) groups is 2. The summed E-state index contributed by atoms with van der Waals surface area (Å²) >= 11 is 0. The molecule has 0 spiro atoms. The van der Waals surface area contributed by atoms with Gasteiger partial charge in [-0.1, -0.05) is 0 Å². The van der Waals surface area contributed by atoms with Crippen LogP contribution in [0.4, 0.5) is 5.82 Å². The second-order valence-corrected chi connectivity index (χ2v) is 5.59. The highest BCUT2D eigenvalue weighted by Crippen LogP contribution is 2.17. The number of likely N-dealkylation sites (tertiary alicyclic amines) is 1. The fourth-order valence-electron chi connectivity index (χ4n) is 2.47. The van der Waals surface area contributed by atoms with Crippen LogP contribution in [-0.4, -0.2) is 63.1 Å². The van der Waals surface area contributed by atoms with E-state index in [1.54, 1.807) is 36.0 Å². The highest BCUT2D eigenvalue weighted by molar-refractivity contribution is 6.10. The number of aromatic nitrogens is 4. The van der Waals surface area contributed by atoms with Gasteiger partial charge in [-0.2, -0.15) is 10.2 Å². The van der Waals surface area contributed by atoms with Gasteiger partial charge in [-0.15, -0.1) is 0 Å². The minimum atomic E-state index is -0.407. The summed E-state index contributed by atoms with van der Waals surface area (Å²) in [6, 6.07) is 1.70. The molecule has 2 aromatic heterocycles. The number of amides is 2. The summed E-state index contributed by atoms with van der Waals surface area (Å²) < 4.78 is 8.07. The van der Waals surface area contributed by atoms with Gasteiger partial charge in [-0.3, -0.25) is 19.0 Å². The molecule has 1 aliphatic heterocycles. The lowest BCUT2D eigenvalue weighted by Crippen LogP contribution is -2.42. The third-order valence-corrected chi connectivity index (χ3v) is 3.93. The van der Waals surface area contributed by atoms with Crippen LogP contribution in [0.2, 0.25) is 0 Å². The van der Waals surface area contributed by atoms with Crippen molar-refractivity contribution in [2.45, 2.75) is 13.0 Å². The third kappa shape index (κ3) is 3.16. The molecule has 1 saturated heterocycles. The molecule has 0 aromatic carbocycles. The molecule has 1 N–H and O–H groups in total. The van der Waals surface area contributed by atoms with E-state index in [9.17, 15) is 9.59 Å². The zero-order valence-corrected chi connectivity index (χ0v) is 13.7. The first-order chi connectivity index (χ1) is 11.6. The topological polar surface area (TPSA) is 94.3 Å². The van der Waals surface area contributed by atoms with Crippen molar-refractivity contribution in [1.29, 1.82) is 0 Å². The largest absolute Gasteiger partial charge is 0.383 e. The summed E-state index contributed by atoms with van der Waals surface area (Å²) in [5.74, 6) is -0.152. The highest BCUT2D eigenvalue weighted by Gasteiger charge is 2.28. The molecular formula is C15H20N6O3. The van der Waals surface area contributed by atoms with Gasteiger partial charge in [0.15, 0.2) is 5.82 Å². The number of rotatable bonds is 6. The van der Waals surface area contributed by atoms with Crippen molar-refractivity contribution in [2.24, 2.45) is 7.05 Å². The van der Waals surface area contributed by atoms with Crippen LogP contribution < -0.4 is 5.32 Å². The van der Waals surface area contributed by atoms with E-state index in [1.807, 2.05) is 0 Å². The van der Waals surface area contributed by atoms with Crippen LogP contribution in [0.3, 0.4) is 0 Å². The van der Waals surface area contributed by atoms with E-state index in [0.29, 0.717) is 24.5 Å². The highest BCUT2D eigenvalue weighted by atomic mass is 16.5. The van der Waals surface area contributed by atoms with E-state index < -0.39 is 5.91 Å². The van der Waals surface area contributed by atoms with E-state index in [2.05, 4.69) is 15.5 Å². The van der Waals surface area contributed by atoms with Crippen LogP contribution in [0.15, 0.2) is 18.5 Å². The van der Waals surface area contributed by atoms with Gasteiger partial charge in [0.05, 0.1) is 24.9 Å². The smallest absolute Gasteiger partial charge is 0.275 e. The summed E-state index contributed by atoms with van der Waals surface area (Å²) in [7, 11) is 3.25. The average molecular weight is 332 g/mol.